The number of hydrogen-bond donors (Lipinski definition) is 2. The van der Waals surface area contributed by atoms with Gasteiger partial charge in [0.15, 0.2) is 11.7 Å². The van der Waals surface area contributed by atoms with Crippen molar-refractivity contribution in [3.63, 3.8) is 0 Å². The molecule has 1 aromatic heterocycles. The van der Waals surface area contributed by atoms with Crippen LogP contribution in [-0.4, -0.2) is 16.9 Å². The summed E-state index contributed by atoms with van der Waals surface area (Å²) in [6.45, 7) is 0. The number of guanidine groups is 1. The maximum absolute atomic E-state index is 13.5. The highest BCUT2D eigenvalue weighted by Gasteiger charge is 2.16. The predicted molar refractivity (Wildman–Crippen MR) is 62.0 cm³/mol. The van der Waals surface area contributed by atoms with E-state index in [1.165, 1.54) is 0 Å². The Kier molecular flexibility index (Phi) is 3.23. The highest BCUT2D eigenvalue weighted by molar-refractivity contribution is 6.00. The van der Waals surface area contributed by atoms with E-state index in [9.17, 15) is 13.6 Å². The van der Waals surface area contributed by atoms with E-state index in [4.69, 9.17) is 15.9 Å². The molecule has 0 bridgehead atoms. The van der Waals surface area contributed by atoms with Gasteiger partial charge in [0, 0.05) is 0 Å². The Balaban J connectivity index is 2.38. The van der Waals surface area contributed by atoms with Crippen molar-refractivity contribution in [2.75, 3.05) is 0 Å². The van der Waals surface area contributed by atoms with Crippen LogP contribution in [0, 0.1) is 11.6 Å². The van der Waals surface area contributed by atoms with Crippen LogP contribution < -0.4 is 11.5 Å². The lowest BCUT2D eigenvalue weighted by Gasteiger charge is -1.97. The molecule has 2 aromatic rings. The van der Waals surface area contributed by atoms with Crippen LogP contribution in [0.1, 0.15) is 10.5 Å². The summed E-state index contributed by atoms with van der Waals surface area (Å²) in [5.41, 5.74) is 9.64. The second kappa shape index (κ2) is 4.84. The summed E-state index contributed by atoms with van der Waals surface area (Å²) < 4.78 is 31.4. The Morgan fingerprint density at radius 2 is 2.05 bits per heavy atom. The van der Waals surface area contributed by atoms with E-state index in [1.807, 2.05) is 0 Å². The van der Waals surface area contributed by atoms with Gasteiger partial charge in [-0.15, -0.1) is 0 Å². The summed E-state index contributed by atoms with van der Waals surface area (Å²) in [6, 6.07) is 2.77. The molecule has 2 rings (SSSR count). The fourth-order valence-electron chi connectivity index (χ4n) is 1.33. The van der Waals surface area contributed by atoms with Crippen LogP contribution in [-0.2, 0) is 0 Å². The molecule has 0 aliphatic rings. The SMILES string of the molecule is NC(N)=NC(=O)c1coc(-c2cc(F)ccc2F)n1. The quantitative estimate of drug-likeness (QED) is 0.623. The van der Waals surface area contributed by atoms with Gasteiger partial charge in [-0.25, -0.2) is 13.8 Å². The number of nitrogens with zero attached hydrogens (tertiary/aromatic N) is 2. The molecule has 1 heterocycles. The van der Waals surface area contributed by atoms with Crippen molar-refractivity contribution >= 4 is 11.9 Å². The highest BCUT2D eigenvalue weighted by Crippen LogP contribution is 2.23. The molecule has 19 heavy (non-hydrogen) atoms. The predicted octanol–water partition coefficient (Wildman–Crippen LogP) is 1.03. The Morgan fingerprint density at radius 1 is 1.32 bits per heavy atom. The van der Waals surface area contributed by atoms with Crippen LogP contribution in [0.4, 0.5) is 8.78 Å². The Labute approximate surface area is 105 Å². The van der Waals surface area contributed by atoms with Crippen LogP contribution in [0.3, 0.4) is 0 Å². The van der Waals surface area contributed by atoms with Gasteiger partial charge in [0.05, 0.1) is 5.56 Å². The lowest BCUT2D eigenvalue weighted by atomic mass is 10.2. The molecule has 0 aliphatic heterocycles. The Hall–Kier alpha value is -2.77. The summed E-state index contributed by atoms with van der Waals surface area (Å²) in [5.74, 6) is -2.92. The minimum absolute atomic E-state index is 0.205. The third kappa shape index (κ3) is 2.73. The van der Waals surface area contributed by atoms with Crippen molar-refractivity contribution in [1.29, 1.82) is 0 Å². The molecule has 0 atom stereocenters. The maximum atomic E-state index is 13.5. The van der Waals surface area contributed by atoms with Gasteiger partial charge in [-0.05, 0) is 18.2 Å². The first-order chi connectivity index (χ1) is 8.97. The van der Waals surface area contributed by atoms with E-state index in [-0.39, 0.29) is 17.1 Å². The molecular weight excluding hydrogens is 258 g/mol. The average Bonchev–Trinajstić information content (AvgIpc) is 2.80. The number of aromatic nitrogens is 1. The molecule has 0 unspecified atom stereocenters. The van der Waals surface area contributed by atoms with Crippen molar-refractivity contribution in [3.05, 3.63) is 41.8 Å². The number of rotatable bonds is 2. The number of aliphatic imine (C=N–C) groups is 1. The van der Waals surface area contributed by atoms with E-state index in [1.54, 1.807) is 0 Å². The number of oxazole rings is 1. The van der Waals surface area contributed by atoms with Gasteiger partial charge in [-0.1, -0.05) is 0 Å². The number of amides is 1. The van der Waals surface area contributed by atoms with E-state index in [0.717, 1.165) is 24.5 Å². The number of nitrogens with two attached hydrogens (primary N) is 2. The van der Waals surface area contributed by atoms with Gasteiger partial charge in [0.25, 0.3) is 0 Å². The number of halogens is 2. The smallest absolute Gasteiger partial charge is 0.302 e. The standard InChI is InChI=1S/C11H8F2N4O2/c12-5-1-2-7(13)6(3-5)10-16-8(4-19-10)9(18)17-11(14)15/h1-4H,(H4,14,15,17,18). The maximum Gasteiger partial charge on any atom is 0.302 e. The molecule has 98 valence electrons. The largest absolute Gasteiger partial charge is 0.444 e. The first kappa shape index (κ1) is 12.7. The van der Waals surface area contributed by atoms with Crippen molar-refractivity contribution < 1.29 is 18.0 Å². The summed E-state index contributed by atoms with van der Waals surface area (Å²) >= 11 is 0. The van der Waals surface area contributed by atoms with Crippen LogP contribution in [0.2, 0.25) is 0 Å². The first-order valence-corrected chi connectivity index (χ1v) is 5.02. The zero-order valence-electron chi connectivity index (χ0n) is 9.43. The molecule has 1 amide bonds. The lowest BCUT2D eigenvalue weighted by molar-refractivity contribution is 0.0998. The van der Waals surface area contributed by atoms with Crippen molar-refractivity contribution in [3.8, 4) is 11.5 Å². The van der Waals surface area contributed by atoms with Crippen LogP contribution in [0.15, 0.2) is 33.9 Å². The van der Waals surface area contributed by atoms with Gasteiger partial charge >= 0.3 is 5.91 Å². The summed E-state index contributed by atoms with van der Waals surface area (Å²) in [5, 5.41) is 0. The van der Waals surface area contributed by atoms with E-state index in [0.29, 0.717) is 0 Å². The fraction of sp³-hybridized carbons (Fsp3) is 0. The molecule has 0 spiro atoms. The number of hydrogen-bond acceptors (Lipinski definition) is 3. The third-order valence-corrected chi connectivity index (χ3v) is 2.11. The summed E-state index contributed by atoms with van der Waals surface area (Å²) in [6.07, 6.45) is 0.953. The Bertz CT molecular complexity index is 662. The molecule has 4 N–H and O–H groups in total. The van der Waals surface area contributed by atoms with Crippen LogP contribution in [0.5, 0.6) is 0 Å². The van der Waals surface area contributed by atoms with Crippen LogP contribution >= 0.6 is 0 Å². The van der Waals surface area contributed by atoms with Gasteiger partial charge < -0.3 is 15.9 Å². The zero-order chi connectivity index (χ0) is 14.0. The van der Waals surface area contributed by atoms with E-state index in [2.05, 4.69) is 9.98 Å². The molecule has 1 aromatic carbocycles. The van der Waals surface area contributed by atoms with Gasteiger partial charge in [0.1, 0.15) is 17.9 Å². The molecule has 0 aliphatic carbocycles. The normalized spacial score (nSPS) is 10.2. The minimum Gasteiger partial charge on any atom is -0.444 e. The van der Waals surface area contributed by atoms with Crippen molar-refractivity contribution in [1.82, 2.24) is 4.98 Å². The Morgan fingerprint density at radius 3 is 2.74 bits per heavy atom. The van der Waals surface area contributed by atoms with Crippen molar-refractivity contribution in [2.24, 2.45) is 16.5 Å². The molecule has 6 nitrogen and oxygen atoms in total. The van der Waals surface area contributed by atoms with Gasteiger partial charge in [-0.3, -0.25) is 4.79 Å². The average molecular weight is 266 g/mol. The topological polar surface area (TPSA) is 108 Å². The lowest BCUT2D eigenvalue weighted by Crippen LogP contribution is -2.24. The van der Waals surface area contributed by atoms with E-state index >= 15 is 0 Å². The minimum atomic E-state index is -0.841. The number of carbonyl (C=O) groups excluding carboxylic acids is 1. The summed E-state index contributed by atoms with van der Waals surface area (Å²) in [7, 11) is 0. The molecule has 0 saturated heterocycles. The second-order valence-corrected chi connectivity index (χ2v) is 3.50. The molecule has 0 saturated carbocycles. The molecule has 0 radical (unpaired) electrons. The zero-order valence-corrected chi connectivity index (χ0v) is 9.43. The monoisotopic (exact) mass is 266 g/mol. The van der Waals surface area contributed by atoms with Crippen molar-refractivity contribution in [2.45, 2.75) is 0 Å². The number of benzene rings is 1. The molecule has 8 heteroatoms. The third-order valence-electron chi connectivity index (χ3n) is 2.11. The van der Waals surface area contributed by atoms with Crippen LogP contribution in [0.25, 0.3) is 11.5 Å². The number of carbonyl (C=O) groups is 1. The highest BCUT2D eigenvalue weighted by atomic mass is 19.1. The summed E-state index contributed by atoms with van der Waals surface area (Å²) in [4.78, 5) is 18.3. The fourth-order valence-corrected chi connectivity index (χ4v) is 1.33. The van der Waals surface area contributed by atoms with Gasteiger partial charge in [-0.2, -0.15) is 4.99 Å². The van der Waals surface area contributed by atoms with E-state index < -0.39 is 23.5 Å². The van der Waals surface area contributed by atoms with Gasteiger partial charge in [0.2, 0.25) is 5.89 Å². The first-order valence-electron chi connectivity index (χ1n) is 5.02. The second-order valence-electron chi connectivity index (χ2n) is 3.50. The molecule has 0 fully saturated rings. The molecular formula is C11H8F2N4O2.